The second kappa shape index (κ2) is 9.28. The van der Waals surface area contributed by atoms with Gasteiger partial charge in [-0.05, 0) is 45.0 Å². The van der Waals surface area contributed by atoms with Crippen molar-refractivity contribution in [2.45, 2.75) is 26.8 Å². The Balaban J connectivity index is 2.12. The van der Waals surface area contributed by atoms with Gasteiger partial charge in [0.05, 0.1) is 25.4 Å². The molecular weight excluding hydrogens is 368 g/mol. The summed E-state index contributed by atoms with van der Waals surface area (Å²) in [4.78, 5) is 24.6. The van der Waals surface area contributed by atoms with Gasteiger partial charge < -0.3 is 20.1 Å². The SMILES string of the molecule is CCOc1ccc(C)cc1C(C)NC(=O)C(=O)Nc1cc(Cl)ccc1OC. The number of carbonyl (C=O) groups excluding carboxylic acids is 2. The number of rotatable bonds is 6. The average molecular weight is 391 g/mol. The molecule has 27 heavy (non-hydrogen) atoms. The highest BCUT2D eigenvalue weighted by Crippen LogP contribution is 2.28. The molecule has 6 nitrogen and oxygen atoms in total. The van der Waals surface area contributed by atoms with Crippen LogP contribution in [0.15, 0.2) is 36.4 Å². The lowest BCUT2D eigenvalue weighted by atomic mass is 10.0. The van der Waals surface area contributed by atoms with Crippen LogP contribution < -0.4 is 20.1 Å². The van der Waals surface area contributed by atoms with Gasteiger partial charge in [0.25, 0.3) is 0 Å². The molecule has 0 aliphatic heterocycles. The molecule has 1 unspecified atom stereocenters. The van der Waals surface area contributed by atoms with Crippen LogP contribution in [0.5, 0.6) is 11.5 Å². The fourth-order valence-electron chi connectivity index (χ4n) is 2.59. The summed E-state index contributed by atoms with van der Waals surface area (Å²) in [6, 6.07) is 10.1. The number of aryl methyl sites for hydroxylation is 1. The normalized spacial score (nSPS) is 11.4. The maximum Gasteiger partial charge on any atom is 0.313 e. The summed E-state index contributed by atoms with van der Waals surface area (Å²) in [5.74, 6) is -0.500. The summed E-state index contributed by atoms with van der Waals surface area (Å²) < 4.78 is 10.8. The monoisotopic (exact) mass is 390 g/mol. The van der Waals surface area contributed by atoms with Crippen LogP contribution in [0, 0.1) is 6.92 Å². The summed E-state index contributed by atoms with van der Waals surface area (Å²) >= 11 is 5.94. The number of halogens is 1. The van der Waals surface area contributed by atoms with Crippen molar-refractivity contribution in [3.63, 3.8) is 0 Å². The molecule has 2 N–H and O–H groups in total. The lowest BCUT2D eigenvalue weighted by Gasteiger charge is -2.18. The van der Waals surface area contributed by atoms with Gasteiger partial charge in [0, 0.05) is 10.6 Å². The Bertz CT molecular complexity index is 839. The summed E-state index contributed by atoms with van der Waals surface area (Å²) in [7, 11) is 1.47. The van der Waals surface area contributed by atoms with Gasteiger partial charge in [-0.15, -0.1) is 0 Å². The fraction of sp³-hybridized carbons (Fsp3) is 0.300. The third-order valence-corrected chi connectivity index (χ3v) is 4.13. The number of hydrogen-bond donors (Lipinski definition) is 2. The Morgan fingerprint density at radius 2 is 1.81 bits per heavy atom. The van der Waals surface area contributed by atoms with Crippen molar-refractivity contribution < 1.29 is 19.1 Å². The van der Waals surface area contributed by atoms with E-state index in [9.17, 15) is 9.59 Å². The van der Waals surface area contributed by atoms with E-state index in [1.165, 1.54) is 13.2 Å². The van der Waals surface area contributed by atoms with Gasteiger partial charge in [0.2, 0.25) is 0 Å². The van der Waals surface area contributed by atoms with Crippen LogP contribution in [-0.4, -0.2) is 25.5 Å². The lowest BCUT2D eigenvalue weighted by molar-refractivity contribution is -0.136. The highest BCUT2D eigenvalue weighted by Gasteiger charge is 2.21. The van der Waals surface area contributed by atoms with Crippen LogP contribution in [0.2, 0.25) is 5.02 Å². The maximum absolute atomic E-state index is 12.3. The van der Waals surface area contributed by atoms with Gasteiger partial charge in [-0.2, -0.15) is 0 Å². The molecule has 144 valence electrons. The van der Waals surface area contributed by atoms with Gasteiger partial charge in [-0.1, -0.05) is 29.3 Å². The van der Waals surface area contributed by atoms with Crippen LogP contribution >= 0.6 is 11.6 Å². The van der Waals surface area contributed by atoms with Crippen molar-refractivity contribution in [3.8, 4) is 11.5 Å². The third-order valence-electron chi connectivity index (χ3n) is 3.90. The Morgan fingerprint density at radius 1 is 1.11 bits per heavy atom. The first-order chi connectivity index (χ1) is 12.8. The molecule has 0 spiro atoms. The fourth-order valence-corrected chi connectivity index (χ4v) is 2.76. The molecule has 0 aromatic heterocycles. The number of benzene rings is 2. The molecule has 2 rings (SSSR count). The van der Waals surface area contributed by atoms with Crippen molar-refractivity contribution in [3.05, 3.63) is 52.5 Å². The smallest absolute Gasteiger partial charge is 0.313 e. The minimum Gasteiger partial charge on any atom is -0.495 e. The van der Waals surface area contributed by atoms with Crippen LogP contribution in [0.3, 0.4) is 0 Å². The van der Waals surface area contributed by atoms with Gasteiger partial charge in [-0.3, -0.25) is 9.59 Å². The van der Waals surface area contributed by atoms with E-state index in [4.69, 9.17) is 21.1 Å². The maximum atomic E-state index is 12.3. The number of carbonyl (C=O) groups is 2. The van der Waals surface area contributed by atoms with Crippen molar-refractivity contribution in [2.24, 2.45) is 0 Å². The highest BCUT2D eigenvalue weighted by molar-refractivity contribution is 6.40. The van der Waals surface area contributed by atoms with Crippen LogP contribution in [0.4, 0.5) is 5.69 Å². The Kier molecular flexibility index (Phi) is 7.07. The molecule has 0 aliphatic rings. The zero-order valence-electron chi connectivity index (χ0n) is 15.8. The molecule has 0 bridgehead atoms. The van der Waals surface area contributed by atoms with E-state index in [0.717, 1.165) is 11.1 Å². The second-order valence-electron chi connectivity index (χ2n) is 5.97. The van der Waals surface area contributed by atoms with Gasteiger partial charge in [0.1, 0.15) is 11.5 Å². The van der Waals surface area contributed by atoms with E-state index in [0.29, 0.717) is 28.8 Å². The van der Waals surface area contributed by atoms with Crippen molar-refractivity contribution in [2.75, 3.05) is 19.0 Å². The number of amides is 2. The van der Waals surface area contributed by atoms with Gasteiger partial charge in [0.15, 0.2) is 0 Å². The number of methoxy groups -OCH3 is 1. The molecule has 7 heteroatoms. The van der Waals surface area contributed by atoms with Crippen molar-refractivity contribution >= 4 is 29.1 Å². The largest absolute Gasteiger partial charge is 0.495 e. The summed E-state index contributed by atoms with van der Waals surface area (Å²) in [6.07, 6.45) is 0. The minimum absolute atomic E-state index is 0.323. The number of anilines is 1. The standard InChI is InChI=1S/C20H23ClN2O4/c1-5-27-17-8-6-12(2)10-15(17)13(3)22-19(24)20(25)23-16-11-14(21)7-9-18(16)26-4/h6-11,13H,5H2,1-4H3,(H,22,24)(H,23,25). The molecule has 2 aromatic rings. The van der Waals surface area contributed by atoms with Crippen molar-refractivity contribution in [1.82, 2.24) is 5.32 Å². The van der Waals surface area contributed by atoms with E-state index >= 15 is 0 Å². The minimum atomic E-state index is -0.812. The predicted octanol–water partition coefficient (Wildman–Crippen LogP) is 3.87. The van der Waals surface area contributed by atoms with Crippen LogP contribution in [0.25, 0.3) is 0 Å². The Labute approximate surface area is 163 Å². The molecule has 0 heterocycles. The second-order valence-corrected chi connectivity index (χ2v) is 6.40. The molecule has 0 radical (unpaired) electrons. The highest BCUT2D eigenvalue weighted by atomic mass is 35.5. The summed E-state index contributed by atoms with van der Waals surface area (Å²) in [5.41, 5.74) is 2.16. The van der Waals surface area contributed by atoms with Gasteiger partial charge in [-0.25, -0.2) is 0 Å². The number of hydrogen-bond acceptors (Lipinski definition) is 4. The van der Waals surface area contributed by atoms with E-state index in [1.807, 2.05) is 32.0 Å². The first-order valence-electron chi connectivity index (χ1n) is 8.54. The molecule has 0 aliphatic carbocycles. The zero-order chi connectivity index (χ0) is 20.0. The average Bonchev–Trinajstić information content (AvgIpc) is 2.63. The van der Waals surface area contributed by atoms with Crippen LogP contribution in [-0.2, 0) is 9.59 Å². The Hall–Kier alpha value is -2.73. The molecule has 0 saturated heterocycles. The third kappa shape index (κ3) is 5.37. The van der Waals surface area contributed by atoms with E-state index < -0.39 is 17.9 Å². The van der Waals surface area contributed by atoms with E-state index in [1.54, 1.807) is 19.1 Å². The number of ether oxygens (including phenoxy) is 2. The Morgan fingerprint density at radius 3 is 2.48 bits per heavy atom. The zero-order valence-corrected chi connectivity index (χ0v) is 16.5. The lowest BCUT2D eigenvalue weighted by Crippen LogP contribution is -2.37. The molecular formula is C20H23ClN2O4. The molecule has 0 fully saturated rings. The van der Waals surface area contributed by atoms with E-state index in [-0.39, 0.29) is 0 Å². The summed E-state index contributed by atoms with van der Waals surface area (Å²) in [6.45, 7) is 6.14. The molecule has 2 amide bonds. The van der Waals surface area contributed by atoms with E-state index in [2.05, 4.69) is 10.6 Å². The molecule has 0 saturated carbocycles. The predicted molar refractivity (Wildman–Crippen MR) is 106 cm³/mol. The first kappa shape index (κ1) is 20.6. The first-order valence-corrected chi connectivity index (χ1v) is 8.92. The molecule has 2 aromatic carbocycles. The molecule has 1 atom stereocenters. The van der Waals surface area contributed by atoms with Crippen molar-refractivity contribution in [1.29, 1.82) is 0 Å². The summed E-state index contributed by atoms with van der Waals surface area (Å²) in [5, 5.41) is 5.63. The van der Waals surface area contributed by atoms with Crippen LogP contribution in [0.1, 0.15) is 31.0 Å². The number of nitrogens with one attached hydrogen (secondary N) is 2. The quantitative estimate of drug-likeness (QED) is 0.734. The van der Waals surface area contributed by atoms with Gasteiger partial charge >= 0.3 is 11.8 Å². The topological polar surface area (TPSA) is 76.7 Å².